The minimum Gasteiger partial charge on any atom is -0.350 e. The van der Waals surface area contributed by atoms with Gasteiger partial charge in [-0.05, 0) is 51.1 Å². The van der Waals surface area contributed by atoms with Crippen molar-refractivity contribution in [1.82, 2.24) is 25.8 Å². The van der Waals surface area contributed by atoms with Gasteiger partial charge in [0.25, 0.3) is 0 Å². The van der Waals surface area contributed by atoms with Gasteiger partial charge in [-0.3, -0.25) is 14.4 Å². The van der Waals surface area contributed by atoms with Gasteiger partial charge in [0.1, 0.15) is 6.04 Å². The molecule has 0 unspecified atom stereocenters. The van der Waals surface area contributed by atoms with Crippen LogP contribution in [0.2, 0.25) is 5.02 Å². The number of hydrogen-bond donors (Lipinski definition) is 3. The van der Waals surface area contributed by atoms with E-state index in [2.05, 4.69) is 27.5 Å². The van der Waals surface area contributed by atoms with Crippen LogP contribution in [0.3, 0.4) is 0 Å². The number of nitrogens with one attached hydrogen (secondary N) is 3. The zero-order valence-electron chi connectivity index (χ0n) is 23.4. The van der Waals surface area contributed by atoms with E-state index in [-0.39, 0.29) is 30.2 Å². The highest BCUT2D eigenvalue weighted by atomic mass is 35.5. The van der Waals surface area contributed by atoms with E-state index < -0.39 is 6.04 Å². The van der Waals surface area contributed by atoms with Gasteiger partial charge in [-0.2, -0.15) is 0 Å². The Morgan fingerprint density at radius 1 is 1.18 bits per heavy atom. The van der Waals surface area contributed by atoms with Crippen molar-refractivity contribution in [3.63, 3.8) is 0 Å². The van der Waals surface area contributed by atoms with Gasteiger partial charge in [-0.15, -0.1) is 11.3 Å². The topological polar surface area (TPSA) is 103 Å². The summed E-state index contributed by atoms with van der Waals surface area (Å²) in [5, 5.41) is 10.4. The predicted octanol–water partition coefficient (Wildman–Crippen LogP) is 4.47. The molecule has 0 aliphatic heterocycles. The maximum Gasteiger partial charge on any atom is 0.247 e. The summed E-state index contributed by atoms with van der Waals surface area (Å²) in [6, 6.07) is 4.48. The number of likely N-dealkylation sites (N-methyl/N-ethyl adjacent to an activating group) is 1. The van der Waals surface area contributed by atoms with Crippen LogP contribution in [0.25, 0.3) is 10.2 Å². The SMILES string of the molecule is C=C(CN(C)C)C(=O)NC[C@H](CC1CCCCC1)NC(=O)[C@H](Cc1nc2ccc(Cl)cc2s1)NC(=O)CCC. The summed E-state index contributed by atoms with van der Waals surface area (Å²) >= 11 is 7.61. The average Bonchev–Trinajstić information content (AvgIpc) is 3.28. The van der Waals surface area contributed by atoms with Gasteiger partial charge in [0.2, 0.25) is 17.7 Å². The molecule has 3 N–H and O–H groups in total. The lowest BCUT2D eigenvalue weighted by Gasteiger charge is -2.29. The number of fused-ring (bicyclic) bond motifs is 1. The Bertz CT molecular complexity index is 1150. The molecule has 0 spiro atoms. The van der Waals surface area contributed by atoms with Crippen LogP contribution in [0.4, 0.5) is 0 Å². The van der Waals surface area contributed by atoms with Crippen molar-refractivity contribution in [2.75, 3.05) is 27.2 Å². The second kappa shape index (κ2) is 15.3. The Morgan fingerprint density at radius 2 is 1.92 bits per heavy atom. The number of halogens is 1. The van der Waals surface area contributed by atoms with Crippen molar-refractivity contribution in [2.45, 2.75) is 76.8 Å². The summed E-state index contributed by atoms with van der Waals surface area (Å²) < 4.78 is 0.937. The van der Waals surface area contributed by atoms with Crippen LogP contribution in [0.15, 0.2) is 30.4 Å². The van der Waals surface area contributed by atoms with E-state index >= 15 is 0 Å². The highest BCUT2D eigenvalue weighted by Crippen LogP contribution is 2.28. The number of nitrogens with zero attached hydrogens (tertiary/aromatic N) is 2. The molecule has 2 atom stereocenters. The van der Waals surface area contributed by atoms with Gasteiger partial charge in [-0.1, -0.05) is 57.2 Å². The number of rotatable bonds is 14. The van der Waals surface area contributed by atoms with Crippen molar-refractivity contribution in [3.05, 3.63) is 40.4 Å². The molecule has 1 heterocycles. The van der Waals surface area contributed by atoms with Gasteiger partial charge < -0.3 is 20.9 Å². The lowest BCUT2D eigenvalue weighted by atomic mass is 9.84. The molecule has 0 radical (unpaired) electrons. The summed E-state index contributed by atoms with van der Waals surface area (Å²) in [7, 11) is 3.77. The van der Waals surface area contributed by atoms with E-state index in [1.807, 2.05) is 38.1 Å². The van der Waals surface area contributed by atoms with Crippen molar-refractivity contribution >= 4 is 50.9 Å². The fraction of sp³-hybridized carbons (Fsp3) is 0.586. The Labute approximate surface area is 241 Å². The minimum atomic E-state index is -0.770. The molecule has 3 amide bonds. The Morgan fingerprint density at radius 3 is 2.62 bits per heavy atom. The fourth-order valence-corrected chi connectivity index (χ4v) is 6.31. The van der Waals surface area contributed by atoms with E-state index in [0.717, 1.165) is 34.5 Å². The molecule has 2 aromatic rings. The van der Waals surface area contributed by atoms with E-state index in [4.69, 9.17) is 11.6 Å². The first kappa shape index (κ1) is 31.0. The molecule has 1 aromatic heterocycles. The van der Waals surface area contributed by atoms with E-state index in [1.54, 1.807) is 6.07 Å². The van der Waals surface area contributed by atoms with Crippen LogP contribution >= 0.6 is 22.9 Å². The first-order valence-corrected chi connectivity index (χ1v) is 15.1. The van der Waals surface area contributed by atoms with Crippen molar-refractivity contribution in [1.29, 1.82) is 0 Å². The quantitative estimate of drug-likeness (QED) is 0.288. The molecule has 1 fully saturated rings. The number of aromatic nitrogens is 1. The third-order valence-corrected chi connectivity index (χ3v) is 8.20. The van der Waals surface area contributed by atoms with Gasteiger partial charge in [0, 0.05) is 42.6 Å². The van der Waals surface area contributed by atoms with E-state index in [9.17, 15) is 14.4 Å². The third-order valence-electron chi connectivity index (χ3n) is 6.93. The van der Waals surface area contributed by atoms with E-state index in [0.29, 0.717) is 42.4 Å². The summed E-state index contributed by atoms with van der Waals surface area (Å²) in [5.41, 5.74) is 1.29. The van der Waals surface area contributed by atoms with Gasteiger partial charge >= 0.3 is 0 Å². The second-order valence-electron chi connectivity index (χ2n) is 10.8. The average molecular weight is 576 g/mol. The van der Waals surface area contributed by atoms with Crippen LogP contribution < -0.4 is 16.0 Å². The molecular weight excluding hydrogens is 534 g/mol. The maximum absolute atomic E-state index is 13.6. The first-order chi connectivity index (χ1) is 18.6. The van der Waals surface area contributed by atoms with Crippen molar-refractivity contribution < 1.29 is 14.4 Å². The summed E-state index contributed by atoms with van der Waals surface area (Å²) in [6.45, 7) is 6.60. The zero-order valence-corrected chi connectivity index (χ0v) is 24.9. The highest BCUT2D eigenvalue weighted by molar-refractivity contribution is 7.18. The fourth-order valence-electron chi connectivity index (χ4n) is 5.03. The van der Waals surface area contributed by atoms with Crippen LogP contribution in [0.1, 0.15) is 63.3 Å². The van der Waals surface area contributed by atoms with Gasteiger partial charge in [-0.25, -0.2) is 4.98 Å². The van der Waals surface area contributed by atoms with Crippen molar-refractivity contribution in [2.24, 2.45) is 5.92 Å². The molecule has 0 bridgehead atoms. The zero-order chi connectivity index (χ0) is 28.4. The van der Waals surface area contributed by atoms with E-state index in [1.165, 1.54) is 30.6 Å². The van der Waals surface area contributed by atoms with Crippen molar-refractivity contribution in [3.8, 4) is 0 Å². The van der Waals surface area contributed by atoms with Crippen LogP contribution in [0, 0.1) is 5.92 Å². The lowest BCUT2D eigenvalue weighted by molar-refractivity contribution is -0.129. The molecule has 8 nitrogen and oxygen atoms in total. The molecule has 10 heteroatoms. The number of hydrogen-bond acceptors (Lipinski definition) is 6. The normalized spacial score (nSPS) is 15.6. The molecule has 1 aliphatic rings. The third kappa shape index (κ3) is 10.2. The number of benzene rings is 1. The Kier molecular flexibility index (Phi) is 12.2. The second-order valence-corrected chi connectivity index (χ2v) is 12.3. The summed E-state index contributed by atoms with van der Waals surface area (Å²) in [6.07, 6.45) is 7.96. The molecule has 214 valence electrons. The molecule has 39 heavy (non-hydrogen) atoms. The first-order valence-electron chi connectivity index (χ1n) is 13.9. The standard InChI is InChI=1S/C29H42ClN5O3S/c1-5-9-26(36)33-24(16-27-34-23-13-12-21(30)15-25(23)39-27)29(38)32-22(14-20-10-7-6-8-11-20)17-31-28(37)19(2)18-35(3)4/h12-13,15,20,22,24H,2,5-11,14,16-18H2,1,3-4H3,(H,31,37)(H,32,38)(H,33,36)/t22-,24-/m0/s1. The lowest BCUT2D eigenvalue weighted by Crippen LogP contribution is -2.53. The van der Waals surface area contributed by atoms with Gasteiger partial charge in [0.15, 0.2) is 0 Å². The van der Waals surface area contributed by atoms with Crippen LogP contribution in [-0.2, 0) is 20.8 Å². The Hall–Kier alpha value is -2.49. The number of amides is 3. The molecular formula is C29H42ClN5O3S. The van der Waals surface area contributed by atoms with Crippen LogP contribution in [0.5, 0.6) is 0 Å². The number of carbonyl (C=O) groups excluding carboxylic acids is 3. The molecule has 1 aliphatic carbocycles. The number of thiazole rings is 1. The monoisotopic (exact) mass is 575 g/mol. The molecule has 1 saturated carbocycles. The minimum absolute atomic E-state index is 0.168. The summed E-state index contributed by atoms with van der Waals surface area (Å²) in [5.74, 6) is -0.154. The smallest absolute Gasteiger partial charge is 0.247 e. The summed E-state index contributed by atoms with van der Waals surface area (Å²) in [4.78, 5) is 45.4. The maximum atomic E-state index is 13.6. The molecule has 3 rings (SSSR count). The predicted molar refractivity (Wildman–Crippen MR) is 159 cm³/mol. The van der Waals surface area contributed by atoms with Gasteiger partial charge in [0.05, 0.1) is 15.2 Å². The highest BCUT2D eigenvalue weighted by Gasteiger charge is 2.27. The van der Waals surface area contributed by atoms with Crippen LogP contribution in [-0.4, -0.2) is 66.9 Å². The largest absolute Gasteiger partial charge is 0.350 e. The molecule has 1 aromatic carbocycles. The number of carbonyl (C=O) groups is 3. The molecule has 0 saturated heterocycles. The Balaban J connectivity index is 1.74.